The van der Waals surface area contributed by atoms with E-state index in [1.807, 2.05) is 11.8 Å². The minimum atomic E-state index is 0.314. The molecule has 1 heterocycles. The summed E-state index contributed by atoms with van der Waals surface area (Å²) in [5, 5.41) is 3.45. The molecule has 0 saturated heterocycles. The Morgan fingerprint density at radius 1 is 1.39 bits per heavy atom. The molecule has 2 unspecified atom stereocenters. The van der Waals surface area contributed by atoms with E-state index < -0.39 is 0 Å². The van der Waals surface area contributed by atoms with Gasteiger partial charge in [-0.05, 0) is 37.9 Å². The van der Waals surface area contributed by atoms with Crippen molar-refractivity contribution in [3.63, 3.8) is 0 Å². The summed E-state index contributed by atoms with van der Waals surface area (Å²) in [6.07, 6.45) is 5.80. The third kappa shape index (κ3) is 2.83. The van der Waals surface area contributed by atoms with Crippen LogP contribution in [-0.2, 0) is 0 Å². The molecule has 1 fully saturated rings. The highest BCUT2D eigenvalue weighted by atomic mass is 32.2. The van der Waals surface area contributed by atoms with Crippen molar-refractivity contribution in [2.75, 3.05) is 12.8 Å². The van der Waals surface area contributed by atoms with Gasteiger partial charge >= 0.3 is 0 Å². The summed E-state index contributed by atoms with van der Waals surface area (Å²) in [4.78, 5) is 1.28. The highest BCUT2D eigenvalue weighted by Gasteiger charge is 2.29. The Hall–Kier alpha value is -0.670. The number of rotatable bonds is 5. The van der Waals surface area contributed by atoms with Crippen LogP contribution in [0.2, 0.25) is 0 Å². The predicted octanol–water partition coefficient (Wildman–Crippen LogP) is 3.32. The van der Waals surface area contributed by atoms with Crippen LogP contribution in [0.1, 0.15) is 25.7 Å². The zero-order valence-electron chi connectivity index (χ0n) is 10.9. The smallest absolute Gasteiger partial charge is 0.133 e. The summed E-state index contributed by atoms with van der Waals surface area (Å²) < 4.78 is 6.15. The summed E-state index contributed by atoms with van der Waals surface area (Å²) >= 11 is 1.93. The summed E-state index contributed by atoms with van der Waals surface area (Å²) in [5.41, 5.74) is 0. The summed E-state index contributed by atoms with van der Waals surface area (Å²) in [7, 11) is 2.06. The van der Waals surface area contributed by atoms with Crippen molar-refractivity contribution < 1.29 is 4.74 Å². The largest absolute Gasteiger partial charge is 0.487 e. The molecule has 1 aliphatic carbocycles. The second kappa shape index (κ2) is 5.54. The highest BCUT2D eigenvalue weighted by molar-refractivity contribution is 7.99. The molecule has 18 heavy (non-hydrogen) atoms. The molecule has 3 heteroatoms. The van der Waals surface area contributed by atoms with Gasteiger partial charge in [-0.15, -0.1) is 11.8 Å². The molecular formula is C15H21NOS. The molecule has 2 aliphatic rings. The van der Waals surface area contributed by atoms with Crippen molar-refractivity contribution in [3.8, 4) is 5.75 Å². The Morgan fingerprint density at radius 2 is 2.22 bits per heavy atom. The van der Waals surface area contributed by atoms with Crippen molar-refractivity contribution in [2.24, 2.45) is 5.92 Å². The van der Waals surface area contributed by atoms with Crippen molar-refractivity contribution in [1.29, 1.82) is 0 Å². The normalized spacial score (nSPS) is 24.2. The molecule has 1 N–H and O–H groups in total. The van der Waals surface area contributed by atoms with Crippen LogP contribution in [0.15, 0.2) is 29.2 Å². The Kier molecular flexibility index (Phi) is 3.80. The van der Waals surface area contributed by atoms with Crippen molar-refractivity contribution in [2.45, 2.75) is 42.7 Å². The SMILES string of the molecule is CNC(CCC1CC1)C1CSc2ccccc2O1. The van der Waals surface area contributed by atoms with E-state index in [9.17, 15) is 0 Å². The fourth-order valence-electron chi connectivity index (χ4n) is 2.57. The zero-order chi connectivity index (χ0) is 12.4. The van der Waals surface area contributed by atoms with Gasteiger partial charge in [0, 0.05) is 16.7 Å². The van der Waals surface area contributed by atoms with E-state index in [-0.39, 0.29) is 0 Å². The van der Waals surface area contributed by atoms with Crippen LogP contribution < -0.4 is 10.1 Å². The van der Waals surface area contributed by atoms with E-state index in [1.54, 1.807) is 0 Å². The number of nitrogens with one attached hydrogen (secondary N) is 1. The first-order valence-electron chi connectivity index (χ1n) is 6.92. The van der Waals surface area contributed by atoms with Crippen molar-refractivity contribution >= 4 is 11.8 Å². The molecule has 0 radical (unpaired) electrons. The fourth-order valence-corrected chi connectivity index (χ4v) is 3.65. The molecule has 0 spiro atoms. The minimum Gasteiger partial charge on any atom is -0.487 e. The second-order valence-corrected chi connectivity index (χ2v) is 6.39. The van der Waals surface area contributed by atoms with E-state index >= 15 is 0 Å². The quantitative estimate of drug-likeness (QED) is 0.880. The van der Waals surface area contributed by atoms with Crippen molar-refractivity contribution in [1.82, 2.24) is 5.32 Å². The standard InChI is InChI=1S/C15H21NOS/c1-16-12(9-8-11-6-7-11)14-10-18-15-5-3-2-4-13(15)17-14/h2-5,11-12,14,16H,6-10H2,1H3. The summed E-state index contributed by atoms with van der Waals surface area (Å²) in [6, 6.07) is 8.86. The number of thioether (sulfide) groups is 1. The lowest BCUT2D eigenvalue weighted by Crippen LogP contribution is -2.44. The molecule has 2 nitrogen and oxygen atoms in total. The maximum absolute atomic E-state index is 6.15. The topological polar surface area (TPSA) is 21.3 Å². The highest BCUT2D eigenvalue weighted by Crippen LogP contribution is 2.38. The Balaban J connectivity index is 1.61. The summed E-state index contributed by atoms with van der Waals surface area (Å²) in [5.74, 6) is 3.13. The lowest BCUT2D eigenvalue weighted by Gasteiger charge is -2.31. The molecule has 3 rings (SSSR count). The van der Waals surface area contributed by atoms with Crippen LogP contribution in [0.4, 0.5) is 0 Å². The molecule has 1 aliphatic heterocycles. The van der Waals surface area contributed by atoms with Gasteiger partial charge in [-0.3, -0.25) is 0 Å². The Morgan fingerprint density at radius 3 is 3.00 bits per heavy atom. The lowest BCUT2D eigenvalue weighted by molar-refractivity contribution is 0.163. The lowest BCUT2D eigenvalue weighted by atomic mass is 10.0. The van der Waals surface area contributed by atoms with Crippen LogP contribution in [0.5, 0.6) is 5.75 Å². The molecular weight excluding hydrogens is 242 g/mol. The first-order chi connectivity index (χ1) is 8.86. The molecule has 2 atom stereocenters. The molecule has 1 saturated carbocycles. The molecule has 1 aromatic rings. The monoisotopic (exact) mass is 263 g/mol. The molecule has 98 valence electrons. The van der Waals surface area contributed by atoms with E-state index in [0.29, 0.717) is 12.1 Å². The maximum atomic E-state index is 6.15. The van der Waals surface area contributed by atoms with Gasteiger partial charge in [-0.2, -0.15) is 0 Å². The van der Waals surface area contributed by atoms with Gasteiger partial charge in [0.05, 0.1) is 0 Å². The minimum absolute atomic E-state index is 0.314. The first-order valence-corrected chi connectivity index (χ1v) is 7.91. The van der Waals surface area contributed by atoms with Crippen LogP contribution in [-0.4, -0.2) is 24.9 Å². The molecule has 0 amide bonds. The van der Waals surface area contributed by atoms with Gasteiger partial charge in [0.2, 0.25) is 0 Å². The van der Waals surface area contributed by atoms with Crippen molar-refractivity contribution in [3.05, 3.63) is 24.3 Å². The van der Waals surface area contributed by atoms with Crippen LogP contribution >= 0.6 is 11.8 Å². The number of likely N-dealkylation sites (N-methyl/N-ethyl adjacent to an activating group) is 1. The fraction of sp³-hybridized carbons (Fsp3) is 0.600. The average molecular weight is 263 g/mol. The number of benzene rings is 1. The van der Waals surface area contributed by atoms with E-state index in [0.717, 1.165) is 17.4 Å². The van der Waals surface area contributed by atoms with Crippen LogP contribution in [0.3, 0.4) is 0 Å². The van der Waals surface area contributed by atoms with Gasteiger partial charge in [-0.1, -0.05) is 25.0 Å². The first kappa shape index (κ1) is 12.4. The van der Waals surface area contributed by atoms with Crippen LogP contribution in [0, 0.1) is 5.92 Å². The van der Waals surface area contributed by atoms with Crippen LogP contribution in [0.25, 0.3) is 0 Å². The third-order valence-corrected chi connectivity index (χ3v) is 5.08. The Bertz CT molecular complexity index is 405. The number of hydrogen-bond acceptors (Lipinski definition) is 3. The maximum Gasteiger partial charge on any atom is 0.133 e. The zero-order valence-corrected chi connectivity index (χ0v) is 11.7. The third-order valence-electron chi connectivity index (χ3n) is 3.93. The number of ether oxygens (including phenoxy) is 1. The number of hydrogen-bond donors (Lipinski definition) is 1. The van der Waals surface area contributed by atoms with E-state index in [4.69, 9.17) is 4.74 Å². The second-order valence-electron chi connectivity index (χ2n) is 5.33. The molecule has 0 aromatic heterocycles. The Labute approximate surface area is 113 Å². The van der Waals surface area contributed by atoms with E-state index in [2.05, 4.69) is 36.6 Å². The van der Waals surface area contributed by atoms with Gasteiger partial charge in [0.25, 0.3) is 0 Å². The molecule has 0 bridgehead atoms. The predicted molar refractivity (Wildman–Crippen MR) is 76.4 cm³/mol. The number of fused-ring (bicyclic) bond motifs is 1. The molecule has 1 aromatic carbocycles. The van der Waals surface area contributed by atoms with Gasteiger partial charge in [0.15, 0.2) is 0 Å². The number of para-hydroxylation sites is 1. The average Bonchev–Trinajstić information content (AvgIpc) is 3.23. The van der Waals surface area contributed by atoms with E-state index in [1.165, 1.54) is 30.6 Å². The summed E-state index contributed by atoms with van der Waals surface area (Å²) in [6.45, 7) is 0. The van der Waals surface area contributed by atoms with Gasteiger partial charge in [0.1, 0.15) is 11.9 Å². The van der Waals surface area contributed by atoms with Gasteiger partial charge < -0.3 is 10.1 Å². The van der Waals surface area contributed by atoms with Gasteiger partial charge in [-0.25, -0.2) is 0 Å².